The second-order valence-corrected chi connectivity index (χ2v) is 4.65. The largest absolute Gasteiger partial charge is 0.356 e. The van der Waals surface area contributed by atoms with Crippen molar-refractivity contribution in [3.05, 3.63) is 28.5 Å². The SMILES string of the molecule is CCNC(=O)CCN1C(=O)C(=O)c2c(Cl)ccc(F)c21. The van der Waals surface area contributed by atoms with Crippen LogP contribution in [0, 0.1) is 5.82 Å². The van der Waals surface area contributed by atoms with Gasteiger partial charge in [0.15, 0.2) is 0 Å². The van der Waals surface area contributed by atoms with E-state index in [1.165, 1.54) is 6.07 Å². The van der Waals surface area contributed by atoms with Gasteiger partial charge >= 0.3 is 0 Å². The third kappa shape index (κ3) is 2.38. The molecule has 0 atom stereocenters. The Labute approximate surface area is 119 Å². The van der Waals surface area contributed by atoms with Gasteiger partial charge in [0.2, 0.25) is 5.91 Å². The van der Waals surface area contributed by atoms with E-state index in [9.17, 15) is 18.8 Å². The van der Waals surface area contributed by atoms with Crippen molar-refractivity contribution in [3.63, 3.8) is 0 Å². The van der Waals surface area contributed by atoms with E-state index in [1.54, 1.807) is 6.92 Å². The predicted octanol–water partition coefficient (Wildman–Crippen LogP) is 1.53. The average Bonchev–Trinajstić information content (AvgIpc) is 2.66. The molecule has 1 aromatic carbocycles. The maximum absolute atomic E-state index is 13.8. The molecular formula is C13H12ClFN2O3. The standard InChI is InChI=1S/C13H12ClFN2O3/c1-2-16-9(18)5-6-17-11-8(15)4-3-7(14)10(11)12(19)13(17)20/h3-4H,2,5-6H2,1H3,(H,16,18). The molecule has 1 aromatic rings. The number of nitrogens with zero attached hydrogens (tertiary/aromatic N) is 1. The monoisotopic (exact) mass is 298 g/mol. The summed E-state index contributed by atoms with van der Waals surface area (Å²) in [6.07, 6.45) is -0.0156. The van der Waals surface area contributed by atoms with Gasteiger partial charge in [-0.25, -0.2) is 4.39 Å². The lowest BCUT2D eigenvalue weighted by Crippen LogP contribution is -2.34. The first kappa shape index (κ1) is 14.5. The smallest absolute Gasteiger partial charge is 0.299 e. The van der Waals surface area contributed by atoms with Crippen LogP contribution in [0.3, 0.4) is 0 Å². The molecule has 0 bridgehead atoms. The molecule has 0 fully saturated rings. The van der Waals surface area contributed by atoms with Crippen molar-refractivity contribution in [1.29, 1.82) is 0 Å². The summed E-state index contributed by atoms with van der Waals surface area (Å²) < 4.78 is 13.8. The lowest BCUT2D eigenvalue weighted by molar-refractivity contribution is -0.120. The van der Waals surface area contributed by atoms with Crippen LogP contribution in [-0.2, 0) is 9.59 Å². The minimum absolute atomic E-state index is 0.0156. The number of hydrogen-bond acceptors (Lipinski definition) is 3. The van der Waals surface area contributed by atoms with Crippen LogP contribution in [-0.4, -0.2) is 30.7 Å². The molecule has 2 rings (SSSR count). The van der Waals surface area contributed by atoms with Crippen molar-refractivity contribution in [2.75, 3.05) is 18.0 Å². The van der Waals surface area contributed by atoms with E-state index < -0.39 is 17.5 Å². The molecule has 20 heavy (non-hydrogen) atoms. The lowest BCUT2D eigenvalue weighted by Gasteiger charge is -2.16. The summed E-state index contributed by atoms with van der Waals surface area (Å²) in [6.45, 7) is 2.15. The van der Waals surface area contributed by atoms with Crippen LogP contribution < -0.4 is 10.2 Å². The number of anilines is 1. The molecule has 0 saturated heterocycles. The Morgan fingerprint density at radius 1 is 1.40 bits per heavy atom. The zero-order valence-electron chi connectivity index (χ0n) is 10.7. The van der Waals surface area contributed by atoms with Crippen molar-refractivity contribution < 1.29 is 18.8 Å². The topological polar surface area (TPSA) is 66.5 Å². The number of halogens is 2. The van der Waals surface area contributed by atoms with Crippen molar-refractivity contribution in [3.8, 4) is 0 Å². The number of Topliss-reactive ketones (excluding diaryl/α,β-unsaturated/α-hetero) is 1. The molecular weight excluding hydrogens is 287 g/mol. The molecule has 0 radical (unpaired) electrons. The fourth-order valence-corrected chi connectivity index (χ4v) is 2.30. The minimum Gasteiger partial charge on any atom is -0.356 e. The van der Waals surface area contributed by atoms with Gasteiger partial charge in [-0.1, -0.05) is 11.6 Å². The summed E-state index contributed by atoms with van der Waals surface area (Å²) in [5.41, 5.74) is -0.274. The Bertz CT molecular complexity index is 604. The van der Waals surface area contributed by atoms with Gasteiger partial charge in [0.1, 0.15) is 5.82 Å². The summed E-state index contributed by atoms with van der Waals surface area (Å²) in [4.78, 5) is 36.0. The van der Waals surface area contributed by atoms with E-state index >= 15 is 0 Å². The molecule has 0 spiro atoms. The Morgan fingerprint density at radius 2 is 2.10 bits per heavy atom. The maximum Gasteiger partial charge on any atom is 0.299 e. The number of carbonyl (C=O) groups is 3. The summed E-state index contributed by atoms with van der Waals surface area (Å²) >= 11 is 5.83. The van der Waals surface area contributed by atoms with Crippen LogP contribution in [0.25, 0.3) is 0 Å². The molecule has 0 aromatic heterocycles. The molecule has 0 aliphatic carbocycles. The van der Waals surface area contributed by atoms with Crippen molar-refractivity contribution >= 4 is 34.9 Å². The first-order valence-electron chi connectivity index (χ1n) is 6.08. The first-order chi connectivity index (χ1) is 9.47. The van der Waals surface area contributed by atoms with Crippen LogP contribution in [0.2, 0.25) is 5.02 Å². The number of hydrogen-bond donors (Lipinski definition) is 1. The van der Waals surface area contributed by atoms with Crippen LogP contribution in [0.15, 0.2) is 12.1 Å². The highest BCUT2D eigenvalue weighted by atomic mass is 35.5. The summed E-state index contributed by atoms with van der Waals surface area (Å²) in [6, 6.07) is 2.32. The fraction of sp³-hybridized carbons (Fsp3) is 0.308. The Kier molecular flexibility index (Phi) is 4.04. The van der Waals surface area contributed by atoms with E-state index in [2.05, 4.69) is 5.32 Å². The van der Waals surface area contributed by atoms with E-state index in [0.717, 1.165) is 11.0 Å². The Balaban J connectivity index is 2.29. The molecule has 0 unspecified atom stereocenters. The molecule has 2 amide bonds. The van der Waals surface area contributed by atoms with Crippen molar-refractivity contribution in [1.82, 2.24) is 5.32 Å². The highest BCUT2D eigenvalue weighted by Crippen LogP contribution is 2.36. The van der Waals surface area contributed by atoms with Crippen LogP contribution in [0.4, 0.5) is 10.1 Å². The van der Waals surface area contributed by atoms with E-state index in [-0.39, 0.29) is 35.1 Å². The first-order valence-corrected chi connectivity index (χ1v) is 6.46. The number of ketones is 1. The van der Waals surface area contributed by atoms with Gasteiger partial charge in [0.05, 0.1) is 16.3 Å². The van der Waals surface area contributed by atoms with Gasteiger partial charge in [-0.2, -0.15) is 0 Å². The molecule has 1 aliphatic heterocycles. The third-order valence-corrected chi connectivity index (χ3v) is 3.27. The van der Waals surface area contributed by atoms with Gasteiger partial charge in [-0.3, -0.25) is 14.4 Å². The quantitative estimate of drug-likeness (QED) is 0.857. The van der Waals surface area contributed by atoms with Crippen LogP contribution in [0.1, 0.15) is 23.7 Å². The zero-order valence-corrected chi connectivity index (χ0v) is 11.5. The molecule has 1 aliphatic rings. The van der Waals surface area contributed by atoms with Gasteiger partial charge in [-0.05, 0) is 19.1 Å². The number of fused-ring (bicyclic) bond motifs is 1. The highest BCUT2D eigenvalue weighted by Gasteiger charge is 2.39. The molecule has 1 heterocycles. The van der Waals surface area contributed by atoms with E-state index in [0.29, 0.717) is 6.54 Å². The maximum atomic E-state index is 13.8. The molecule has 0 saturated carbocycles. The normalized spacial score (nSPS) is 13.7. The number of amides is 2. The second kappa shape index (κ2) is 5.58. The van der Waals surface area contributed by atoms with E-state index in [1.807, 2.05) is 0 Å². The summed E-state index contributed by atoms with van der Waals surface area (Å²) in [5.74, 6) is -2.69. The van der Waals surface area contributed by atoms with Gasteiger partial charge in [-0.15, -0.1) is 0 Å². The Morgan fingerprint density at radius 3 is 2.75 bits per heavy atom. The number of rotatable bonds is 4. The van der Waals surface area contributed by atoms with Crippen molar-refractivity contribution in [2.24, 2.45) is 0 Å². The fourth-order valence-electron chi connectivity index (χ4n) is 2.06. The number of benzene rings is 1. The van der Waals surface area contributed by atoms with Crippen LogP contribution >= 0.6 is 11.6 Å². The summed E-state index contributed by atoms with van der Waals surface area (Å²) in [7, 11) is 0. The number of nitrogens with one attached hydrogen (secondary N) is 1. The van der Waals surface area contributed by atoms with Gasteiger partial charge in [0.25, 0.3) is 11.7 Å². The zero-order chi connectivity index (χ0) is 14.9. The predicted molar refractivity (Wildman–Crippen MR) is 71.4 cm³/mol. The molecule has 5 nitrogen and oxygen atoms in total. The highest BCUT2D eigenvalue weighted by molar-refractivity contribution is 6.55. The second-order valence-electron chi connectivity index (χ2n) is 4.24. The number of carbonyl (C=O) groups excluding carboxylic acids is 3. The van der Waals surface area contributed by atoms with Crippen LogP contribution in [0.5, 0.6) is 0 Å². The third-order valence-electron chi connectivity index (χ3n) is 2.95. The van der Waals surface area contributed by atoms with E-state index in [4.69, 9.17) is 11.6 Å². The van der Waals surface area contributed by atoms with Gasteiger partial charge in [0, 0.05) is 19.5 Å². The van der Waals surface area contributed by atoms with Crippen molar-refractivity contribution in [2.45, 2.75) is 13.3 Å². The van der Waals surface area contributed by atoms with Gasteiger partial charge < -0.3 is 10.2 Å². The Hall–Kier alpha value is -1.95. The lowest BCUT2D eigenvalue weighted by atomic mass is 10.1. The molecule has 7 heteroatoms. The summed E-state index contributed by atoms with van der Waals surface area (Å²) in [5, 5.41) is 2.59. The molecule has 1 N–H and O–H groups in total. The minimum atomic E-state index is -0.865. The average molecular weight is 299 g/mol. The molecule has 106 valence electrons.